The van der Waals surface area contributed by atoms with Crippen molar-refractivity contribution in [2.75, 3.05) is 13.2 Å². The molecule has 0 unspecified atom stereocenters. The van der Waals surface area contributed by atoms with Crippen molar-refractivity contribution in [1.82, 2.24) is 9.88 Å². The van der Waals surface area contributed by atoms with Gasteiger partial charge in [-0.15, -0.1) is 11.3 Å². The third-order valence-corrected chi connectivity index (χ3v) is 4.94. The van der Waals surface area contributed by atoms with Crippen LogP contribution in [-0.4, -0.2) is 35.6 Å². The van der Waals surface area contributed by atoms with Gasteiger partial charge in [-0.2, -0.15) is 4.99 Å². The van der Waals surface area contributed by atoms with Gasteiger partial charge in [-0.1, -0.05) is 12.1 Å². The molecule has 2 heterocycles. The lowest BCUT2D eigenvalue weighted by Gasteiger charge is -2.11. The fraction of sp³-hybridized carbons (Fsp3) is 0.389. The van der Waals surface area contributed by atoms with Crippen molar-refractivity contribution in [2.45, 2.75) is 32.4 Å². The molecule has 2 aromatic rings. The minimum atomic E-state index is -0.668. The van der Waals surface area contributed by atoms with Crippen molar-refractivity contribution in [2.24, 2.45) is 4.99 Å². The van der Waals surface area contributed by atoms with Gasteiger partial charge in [0.15, 0.2) is 4.80 Å². The van der Waals surface area contributed by atoms with Crippen LogP contribution in [0.1, 0.15) is 28.1 Å². The Morgan fingerprint density at radius 2 is 2.23 bits per heavy atom. The standard InChI is InChI=1S/C18H20FN3O3S/c1-12-10-22(11-16(23)20-9-13-5-4-8-25-13)18(26-12)21-17(24)14-6-2-3-7-15(14)19/h2-3,6-7,10,13H,4-5,8-9,11H2,1H3,(H,20,23)/t13-/m0/s1. The maximum absolute atomic E-state index is 13.7. The van der Waals surface area contributed by atoms with Crippen LogP contribution in [0.25, 0.3) is 0 Å². The molecule has 2 amide bonds. The number of benzene rings is 1. The van der Waals surface area contributed by atoms with Crippen molar-refractivity contribution >= 4 is 23.2 Å². The number of carbonyl (C=O) groups is 2. The second kappa shape index (κ2) is 8.37. The third kappa shape index (κ3) is 4.64. The van der Waals surface area contributed by atoms with Gasteiger partial charge in [0.2, 0.25) is 5.91 Å². The first-order chi connectivity index (χ1) is 12.5. The van der Waals surface area contributed by atoms with Gasteiger partial charge in [-0.25, -0.2) is 4.39 Å². The average molecular weight is 377 g/mol. The monoisotopic (exact) mass is 377 g/mol. The van der Waals surface area contributed by atoms with Gasteiger partial charge in [-0.05, 0) is 31.9 Å². The molecule has 0 aliphatic carbocycles. The average Bonchev–Trinajstić information content (AvgIpc) is 3.23. The molecule has 3 rings (SSSR count). The van der Waals surface area contributed by atoms with E-state index < -0.39 is 11.7 Å². The minimum Gasteiger partial charge on any atom is -0.376 e. The molecule has 8 heteroatoms. The number of carbonyl (C=O) groups excluding carboxylic acids is 2. The number of thiazole rings is 1. The summed E-state index contributed by atoms with van der Waals surface area (Å²) in [6.07, 6.45) is 3.78. The van der Waals surface area contributed by atoms with Gasteiger partial charge in [0, 0.05) is 24.2 Å². The number of nitrogens with zero attached hydrogens (tertiary/aromatic N) is 2. The summed E-state index contributed by atoms with van der Waals surface area (Å²) in [7, 11) is 0. The van der Waals surface area contributed by atoms with Crippen molar-refractivity contribution in [3.05, 3.63) is 51.5 Å². The number of nitrogens with one attached hydrogen (secondary N) is 1. The van der Waals surface area contributed by atoms with Crippen molar-refractivity contribution in [1.29, 1.82) is 0 Å². The normalized spacial score (nSPS) is 17.5. The number of halogens is 1. The molecular weight excluding hydrogens is 357 g/mol. The van der Waals surface area contributed by atoms with Crippen LogP contribution in [0.3, 0.4) is 0 Å². The number of hydrogen-bond acceptors (Lipinski definition) is 4. The Labute approximate surface area is 154 Å². The summed E-state index contributed by atoms with van der Waals surface area (Å²) in [6, 6.07) is 5.70. The van der Waals surface area contributed by atoms with E-state index in [1.54, 1.807) is 16.8 Å². The Kier molecular flexibility index (Phi) is 5.95. The largest absolute Gasteiger partial charge is 0.376 e. The highest BCUT2D eigenvalue weighted by atomic mass is 32.1. The predicted molar refractivity (Wildman–Crippen MR) is 95.3 cm³/mol. The molecule has 1 aromatic carbocycles. The fourth-order valence-corrected chi connectivity index (χ4v) is 3.56. The van der Waals surface area contributed by atoms with Crippen LogP contribution in [0.2, 0.25) is 0 Å². The van der Waals surface area contributed by atoms with E-state index in [-0.39, 0.29) is 24.1 Å². The molecule has 0 saturated carbocycles. The number of ether oxygens (including phenoxy) is 1. The van der Waals surface area contributed by atoms with Gasteiger partial charge in [0.05, 0.1) is 11.7 Å². The summed E-state index contributed by atoms with van der Waals surface area (Å²) in [5.41, 5.74) is -0.0899. The number of rotatable bonds is 5. The first kappa shape index (κ1) is 18.5. The molecule has 1 saturated heterocycles. The summed E-state index contributed by atoms with van der Waals surface area (Å²) >= 11 is 1.28. The molecule has 0 bridgehead atoms. The van der Waals surface area contributed by atoms with Crippen LogP contribution in [0, 0.1) is 12.7 Å². The highest BCUT2D eigenvalue weighted by molar-refractivity contribution is 7.09. The van der Waals surface area contributed by atoms with Gasteiger partial charge in [0.25, 0.3) is 5.91 Å². The molecule has 1 atom stereocenters. The van der Waals surface area contributed by atoms with E-state index >= 15 is 0 Å². The second-order valence-corrected chi connectivity index (χ2v) is 7.30. The Balaban J connectivity index is 1.72. The molecule has 0 spiro atoms. The van der Waals surface area contributed by atoms with Crippen LogP contribution in [0.15, 0.2) is 35.5 Å². The van der Waals surface area contributed by atoms with Crippen molar-refractivity contribution < 1.29 is 18.7 Å². The van der Waals surface area contributed by atoms with Gasteiger partial charge >= 0.3 is 0 Å². The van der Waals surface area contributed by atoms with Crippen LogP contribution in [0.4, 0.5) is 4.39 Å². The molecule has 26 heavy (non-hydrogen) atoms. The van der Waals surface area contributed by atoms with E-state index in [2.05, 4.69) is 10.3 Å². The maximum atomic E-state index is 13.7. The van der Waals surface area contributed by atoms with E-state index in [1.165, 1.54) is 29.5 Å². The number of aryl methyl sites for hydroxylation is 1. The molecule has 138 valence electrons. The number of aromatic nitrogens is 1. The Hall–Kier alpha value is -2.32. The number of amides is 2. The lowest BCUT2D eigenvalue weighted by atomic mass is 10.2. The Morgan fingerprint density at radius 1 is 1.42 bits per heavy atom. The van der Waals surface area contributed by atoms with E-state index in [0.717, 1.165) is 24.3 Å². The molecule has 1 aliphatic rings. The molecule has 1 aliphatic heterocycles. The molecular formula is C18H20FN3O3S. The Bertz CT molecular complexity index is 869. The summed E-state index contributed by atoms with van der Waals surface area (Å²) in [6.45, 7) is 3.11. The second-order valence-electron chi connectivity index (χ2n) is 6.09. The molecule has 0 radical (unpaired) electrons. The van der Waals surface area contributed by atoms with Crippen LogP contribution >= 0.6 is 11.3 Å². The Morgan fingerprint density at radius 3 is 2.96 bits per heavy atom. The van der Waals surface area contributed by atoms with E-state index in [4.69, 9.17) is 4.74 Å². The molecule has 6 nitrogen and oxygen atoms in total. The SMILES string of the molecule is Cc1cn(CC(=O)NC[C@@H]2CCCO2)c(=NC(=O)c2ccccc2F)s1. The van der Waals surface area contributed by atoms with Crippen LogP contribution < -0.4 is 10.1 Å². The molecule has 1 N–H and O–H groups in total. The predicted octanol–water partition coefficient (Wildman–Crippen LogP) is 2.03. The lowest BCUT2D eigenvalue weighted by Crippen LogP contribution is -2.35. The zero-order valence-corrected chi connectivity index (χ0v) is 15.2. The van der Waals surface area contributed by atoms with Crippen molar-refractivity contribution in [3.8, 4) is 0 Å². The van der Waals surface area contributed by atoms with E-state index in [1.807, 2.05) is 6.92 Å². The molecule has 1 aromatic heterocycles. The number of hydrogen-bond donors (Lipinski definition) is 1. The summed E-state index contributed by atoms with van der Waals surface area (Å²) < 4.78 is 20.8. The topological polar surface area (TPSA) is 72.7 Å². The highest BCUT2D eigenvalue weighted by Crippen LogP contribution is 2.11. The quantitative estimate of drug-likeness (QED) is 0.867. The third-order valence-electron chi connectivity index (χ3n) is 4.00. The maximum Gasteiger partial charge on any atom is 0.282 e. The summed E-state index contributed by atoms with van der Waals surface area (Å²) in [4.78, 5) is 29.7. The molecule has 1 fully saturated rings. The smallest absolute Gasteiger partial charge is 0.282 e. The zero-order chi connectivity index (χ0) is 18.5. The van der Waals surface area contributed by atoms with Gasteiger partial charge in [-0.3, -0.25) is 9.59 Å². The van der Waals surface area contributed by atoms with E-state index in [9.17, 15) is 14.0 Å². The summed E-state index contributed by atoms with van der Waals surface area (Å²) in [5, 5.41) is 2.84. The van der Waals surface area contributed by atoms with Crippen LogP contribution in [0.5, 0.6) is 0 Å². The zero-order valence-electron chi connectivity index (χ0n) is 14.4. The minimum absolute atomic E-state index is 0.0421. The van der Waals surface area contributed by atoms with E-state index in [0.29, 0.717) is 11.3 Å². The lowest BCUT2D eigenvalue weighted by molar-refractivity contribution is -0.122. The van der Waals surface area contributed by atoms with Gasteiger partial charge < -0.3 is 14.6 Å². The van der Waals surface area contributed by atoms with Gasteiger partial charge in [0.1, 0.15) is 12.4 Å². The first-order valence-electron chi connectivity index (χ1n) is 8.41. The van der Waals surface area contributed by atoms with Crippen molar-refractivity contribution in [3.63, 3.8) is 0 Å². The van der Waals surface area contributed by atoms with Crippen LogP contribution in [-0.2, 0) is 16.1 Å². The first-order valence-corrected chi connectivity index (χ1v) is 9.23. The summed E-state index contributed by atoms with van der Waals surface area (Å²) in [5.74, 6) is -1.47. The fourth-order valence-electron chi connectivity index (χ4n) is 2.73. The highest BCUT2D eigenvalue weighted by Gasteiger charge is 2.17.